The van der Waals surface area contributed by atoms with Gasteiger partial charge < -0.3 is 14.9 Å². The standard InChI is InChI=1S/C8H10O5/c9-6-1-2-7(10)8(5-6)12-3-4-13-11/h1-2,5,9-11H,3-4H2. The average molecular weight is 186 g/mol. The molecule has 1 rings (SSSR count). The molecule has 0 saturated heterocycles. The summed E-state index contributed by atoms with van der Waals surface area (Å²) in [4.78, 5) is 3.76. The van der Waals surface area contributed by atoms with Crippen molar-refractivity contribution in [2.75, 3.05) is 13.2 Å². The highest BCUT2D eigenvalue weighted by Gasteiger charge is 2.02. The van der Waals surface area contributed by atoms with Crippen LogP contribution in [0.4, 0.5) is 0 Å². The van der Waals surface area contributed by atoms with E-state index in [2.05, 4.69) is 4.89 Å². The molecule has 72 valence electrons. The van der Waals surface area contributed by atoms with Crippen LogP contribution in [-0.4, -0.2) is 28.7 Å². The van der Waals surface area contributed by atoms with Crippen molar-refractivity contribution in [2.24, 2.45) is 0 Å². The molecule has 0 spiro atoms. The molecule has 0 atom stereocenters. The molecule has 5 nitrogen and oxygen atoms in total. The van der Waals surface area contributed by atoms with Crippen molar-refractivity contribution in [3.05, 3.63) is 18.2 Å². The van der Waals surface area contributed by atoms with Crippen molar-refractivity contribution >= 4 is 0 Å². The van der Waals surface area contributed by atoms with Crippen molar-refractivity contribution in [1.82, 2.24) is 0 Å². The largest absolute Gasteiger partial charge is 0.508 e. The maximum absolute atomic E-state index is 9.19. The van der Waals surface area contributed by atoms with E-state index >= 15 is 0 Å². The molecule has 13 heavy (non-hydrogen) atoms. The Kier molecular flexibility index (Phi) is 3.36. The molecule has 5 heteroatoms. The molecule has 0 bridgehead atoms. The molecule has 0 unspecified atom stereocenters. The molecule has 0 aliphatic rings. The fraction of sp³-hybridized carbons (Fsp3) is 0.250. The summed E-state index contributed by atoms with van der Waals surface area (Å²) in [5.41, 5.74) is 0. The number of rotatable bonds is 4. The summed E-state index contributed by atoms with van der Waals surface area (Å²) in [6.07, 6.45) is 0. The molecule has 3 N–H and O–H groups in total. The molecular weight excluding hydrogens is 176 g/mol. The molecule has 0 radical (unpaired) electrons. The maximum atomic E-state index is 9.19. The minimum Gasteiger partial charge on any atom is -0.508 e. The van der Waals surface area contributed by atoms with Crippen LogP contribution in [0.3, 0.4) is 0 Å². The van der Waals surface area contributed by atoms with E-state index < -0.39 is 0 Å². The van der Waals surface area contributed by atoms with Gasteiger partial charge in [0.25, 0.3) is 0 Å². The monoisotopic (exact) mass is 186 g/mol. The van der Waals surface area contributed by atoms with E-state index in [9.17, 15) is 5.11 Å². The van der Waals surface area contributed by atoms with E-state index in [0.29, 0.717) is 0 Å². The van der Waals surface area contributed by atoms with Crippen molar-refractivity contribution in [3.63, 3.8) is 0 Å². The van der Waals surface area contributed by atoms with Gasteiger partial charge in [-0.05, 0) is 12.1 Å². The summed E-state index contributed by atoms with van der Waals surface area (Å²) >= 11 is 0. The average Bonchev–Trinajstić information content (AvgIpc) is 2.11. The quantitative estimate of drug-likeness (QED) is 0.282. The Balaban J connectivity index is 2.59. The lowest BCUT2D eigenvalue weighted by Gasteiger charge is -2.06. The zero-order chi connectivity index (χ0) is 9.68. The van der Waals surface area contributed by atoms with Crippen molar-refractivity contribution in [1.29, 1.82) is 0 Å². The minimum atomic E-state index is -0.0734. The fourth-order valence-electron chi connectivity index (χ4n) is 0.807. The first-order valence-corrected chi connectivity index (χ1v) is 3.65. The Morgan fingerprint density at radius 2 is 1.92 bits per heavy atom. The van der Waals surface area contributed by atoms with Crippen LogP contribution in [0, 0.1) is 0 Å². The first kappa shape index (κ1) is 9.63. The molecular formula is C8H10O5. The predicted octanol–water partition coefficient (Wildman–Crippen LogP) is 0.966. The summed E-state index contributed by atoms with van der Waals surface area (Å²) in [5, 5.41) is 26.2. The summed E-state index contributed by atoms with van der Waals surface area (Å²) < 4.78 is 4.96. The zero-order valence-corrected chi connectivity index (χ0v) is 6.80. The van der Waals surface area contributed by atoms with E-state index in [1.165, 1.54) is 18.2 Å². The highest BCUT2D eigenvalue weighted by molar-refractivity contribution is 5.43. The van der Waals surface area contributed by atoms with Crippen LogP contribution >= 0.6 is 0 Å². The minimum absolute atomic E-state index is 0.00211. The number of hydrogen-bond acceptors (Lipinski definition) is 5. The van der Waals surface area contributed by atoms with Gasteiger partial charge in [0.05, 0.1) is 0 Å². The lowest BCUT2D eigenvalue weighted by atomic mass is 10.3. The second-order valence-corrected chi connectivity index (χ2v) is 2.33. The highest BCUT2D eigenvalue weighted by Crippen LogP contribution is 2.29. The summed E-state index contributed by atoms with van der Waals surface area (Å²) in [6, 6.07) is 3.92. The number of hydrogen-bond donors (Lipinski definition) is 3. The van der Waals surface area contributed by atoms with E-state index in [0.717, 1.165) is 0 Å². The maximum Gasteiger partial charge on any atom is 0.164 e. The number of phenols is 2. The number of benzene rings is 1. The molecule has 1 aromatic rings. The smallest absolute Gasteiger partial charge is 0.164 e. The topological polar surface area (TPSA) is 79.2 Å². The van der Waals surface area contributed by atoms with Crippen molar-refractivity contribution in [2.45, 2.75) is 0 Å². The van der Waals surface area contributed by atoms with Gasteiger partial charge in [-0.2, -0.15) is 0 Å². The van der Waals surface area contributed by atoms with Crippen LogP contribution in [0.1, 0.15) is 0 Å². The van der Waals surface area contributed by atoms with Crippen molar-refractivity contribution < 1.29 is 25.1 Å². The van der Waals surface area contributed by atoms with Crippen LogP contribution in [0.15, 0.2) is 18.2 Å². The van der Waals surface area contributed by atoms with Gasteiger partial charge >= 0.3 is 0 Å². The van der Waals surface area contributed by atoms with Gasteiger partial charge in [0.1, 0.15) is 19.0 Å². The lowest BCUT2D eigenvalue weighted by molar-refractivity contribution is -0.245. The Bertz CT molecular complexity index is 273. The molecule has 0 aromatic heterocycles. The van der Waals surface area contributed by atoms with Crippen LogP contribution in [-0.2, 0) is 4.89 Å². The first-order valence-electron chi connectivity index (χ1n) is 3.65. The van der Waals surface area contributed by atoms with Gasteiger partial charge in [-0.15, -0.1) is 0 Å². The van der Waals surface area contributed by atoms with Crippen LogP contribution in [0.2, 0.25) is 0 Å². The molecule has 0 amide bonds. The van der Waals surface area contributed by atoms with Crippen LogP contribution in [0.25, 0.3) is 0 Å². The van der Waals surface area contributed by atoms with Gasteiger partial charge in [-0.1, -0.05) is 0 Å². The van der Waals surface area contributed by atoms with E-state index in [4.69, 9.17) is 15.1 Å². The Hall–Kier alpha value is -1.46. The predicted molar refractivity (Wildman–Crippen MR) is 43.8 cm³/mol. The third-order valence-corrected chi connectivity index (χ3v) is 1.38. The first-order chi connectivity index (χ1) is 6.24. The summed E-state index contributed by atoms with van der Waals surface area (Å²) in [5.74, 6) is 0.0745. The van der Waals surface area contributed by atoms with E-state index in [-0.39, 0.29) is 30.5 Å². The van der Waals surface area contributed by atoms with Gasteiger partial charge in [-0.3, -0.25) is 5.26 Å². The van der Waals surface area contributed by atoms with E-state index in [1.807, 2.05) is 0 Å². The Morgan fingerprint density at radius 3 is 2.62 bits per heavy atom. The number of phenolic OH excluding ortho intramolecular Hbond substituents is 2. The summed E-state index contributed by atoms with van der Waals surface area (Å²) in [6.45, 7) is 0.0859. The Morgan fingerprint density at radius 1 is 1.15 bits per heavy atom. The zero-order valence-electron chi connectivity index (χ0n) is 6.80. The highest BCUT2D eigenvalue weighted by atomic mass is 17.1. The molecule has 1 aromatic carbocycles. The molecule has 0 saturated carbocycles. The third kappa shape index (κ3) is 2.81. The number of aromatic hydroxyl groups is 2. The Labute approximate surface area is 74.7 Å². The third-order valence-electron chi connectivity index (χ3n) is 1.38. The number of ether oxygens (including phenoxy) is 1. The second kappa shape index (κ2) is 4.54. The normalized spacial score (nSPS) is 9.92. The van der Waals surface area contributed by atoms with Crippen molar-refractivity contribution in [3.8, 4) is 17.2 Å². The lowest BCUT2D eigenvalue weighted by Crippen LogP contribution is -2.04. The molecule has 0 fully saturated rings. The SMILES string of the molecule is OOCCOc1cc(O)ccc1O. The molecule has 0 aliphatic heterocycles. The summed E-state index contributed by atoms with van der Waals surface area (Å²) in [7, 11) is 0. The van der Waals surface area contributed by atoms with E-state index in [1.54, 1.807) is 0 Å². The van der Waals surface area contributed by atoms with Gasteiger partial charge in [0.2, 0.25) is 0 Å². The molecule has 0 aliphatic carbocycles. The van der Waals surface area contributed by atoms with Crippen LogP contribution < -0.4 is 4.74 Å². The second-order valence-electron chi connectivity index (χ2n) is 2.33. The van der Waals surface area contributed by atoms with Crippen LogP contribution in [0.5, 0.6) is 17.2 Å². The molecule has 0 heterocycles. The van der Waals surface area contributed by atoms with Gasteiger partial charge in [-0.25, -0.2) is 4.89 Å². The fourth-order valence-corrected chi connectivity index (χ4v) is 0.807. The van der Waals surface area contributed by atoms with Gasteiger partial charge in [0.15, 0.2) is 11.5 Å². The van der Waals surface area contributed by atoms with Gasteiger partial charge in [0, 0.05) is 6.07 Å².